The molecule has 0 aliphatic heterocycles. The molecule has 0 radical (unpaired) electrons. The average molecular weight is 407 g/mol. The van der Waals surface area contributed by atoms with Crippen LogP contribution in [0.5, 0.6) is 0 Å². The number of amides is 1. The van der Waals surface area contributed by atoms with E-state index in [9.17, 15) is 9.59 Å². The Morgan fingerprint density at radius 3 is 2.79 bits per heavy atom. The summed E-state index contributed by atoms with van der Waals surface area (Å²) in [6.07, 6.45) is 4.60. The van der Waals surface area contributed by atoms with Crippen molar-refractivity contribution in [3.63, 3.8) is 0 Å². The van der Waals surface area contributed by atoms with Crippen LogP contribution in [-0.4, -0.2) is 34.2 Å². The number of rotatable bonds is 6. The van der Waals surface area contributed by atoms with E-state index in [0.717, 1.165) is 35.9 Å². The van der Waals surface area contributed by atoms with Crippen molar-refractivity contribution in [3.05, 3.63) is 65.9 Å². The van der Waals surface area contributed by atoms with Gasteiger partial charge in [-0.3, -0.25) is 14.6 Å². The van der Waals surface area contributed by atoms with E-state index < -0.39 is 5.97 Å². The smallest absolute Gasteiger partial charge is 0.316 e. The predicted molar refractivity (Wildman–Crippen MR) is 111 cm³/mol. The van der Waals surface area contributed by atoms with E-state index in [0.29, 0.717) is 5.03 Å². The summed E-state index contributed by atoms with van der Waals surface area (Å²) in [6.45, 7) is -0.276. The fourth-order valence-electron chi connectivity index (χ4n) is 3.47. The highest BCUT2D eigenvalue weighted by Crippen LogP contribution is 2.29. The van der Waals surface area contributed by atoms with E-state index in [4.69, 9.17) is 4.74 Å². The number of thioether (sulfide) groups is 1. The van der Waals surface area contributed by atoms with Gasteiger partial charge < -0.3 is 10.1 Å². The SMILES string of the molecule is O=C(COC(=O)CSc1cnc2ccccc2n1)NC1CCCc2ccccc21. The van der Waals surface area contributed by atoms with Crippen LogP contribution >= 0.6 is 11.8 Å². The van der Waals surface area contributed by atoms with Crippen LogP contribution in [0.15, 0.2) is 59.8 Å². The molecule has 2 aromatic carbocycles. The van der Waals surface area contributed by atoms with Gasteiger partial charge in [-0.2, -0.15) is 0 Å². The van der Waals surface area contributed by atoms with E-state index >= 15 is 0 Å². The lowest BCUT2D eigenvalue weighted by Gasteiger charge is -2.26. The van der Waals surface area contributed by atoms with Crippen LogP contribution in [0.4, 0.5) is 0 Å². The van der Waals surface area contributed by atoms with Crippen LogP contribution in [0, 0.1) is 0 Å². The monoisotopic (exact) mass is 407 g/mol. The number of benzene rings is 2. The molecular weight excluding hydrogens is 386 g/mol. The summed E-state index contributed by atoms with van der Waals surface area (Å²) in [5.74, 6) is -0.660. The minimum atomic E-state index is -0.454. The number of hydrogen-bond acceptors (Lipinski definition) is 6. The van der Waals surface area contributed by atoms with Gasteiger partial charge in [-0.25, -0.2) is 4.98 Å². The summed E-state index contributed by atoms with van der Waals surface area (Å²) in [5.41, 5.74) is 4.01. The molecule has 1 N–H and O–H groups in total. The molecule has 7 heteroatoms. The first-order chi connectivity index (χ1) is 14.2. The van der Waals surface area contributed by atoms with Crippen molar-refractivity contribution in [3.8, 4) is 0 Å². The number of aromatic nitrogens is 2. The number of nitrogens with one attached hydrogen (secondary N) is 1. The largest absolute Gasteiger partial charge is 0.455 e. The molecule has 1 atom stereocenters. The van der Waals surface area contributed by atoms with E-state index in [1.165, 1.54) is 17.3 Å². The Labute approximate surface area is 173 Å². The Morgan fingerprint density at radius 2 is 1.90 bits per heavy atom. The first-order valence-corrected chi connectivity index (χ1v) is 10.5. The third-order valence-electron chi connectivity index (χ3n) is 4.83. The third kappa shape index (κ3) is 4.92. The molecule has 4 rings (SSSR count). The maximum atomic E-state index is 12.2. The lowest BCUT2D eigenvalue weighted by Crippen LogP contribution is -2.34. The Morgan fingerprint density at radius 1 is 1.10 bits per heavy atom. The molecule has 0 saturated carbocycles. The summed E-state index contributed by atoms with van der Waals surface area (Å²) < 4.78 is 5.12. The number of hydrogen-bond donors (Lipinski definition) is 1. The lowest BCUT2D eigenvalue weighted by atomic mass is 9.88. The third-order valence-corrected chi connectivity index (χ3v) is 5.71. The molecular formula is C22H21N3O3S. The van der Waals surface area contributed by atoms with Crippen LogP contribution in [0.2, 0.25) is 0 Å². The van der Waals surface area contributed by atoms with Crippen molar-refractivity contribution >= 4 is 34.7 Å². The maximum absolute atomic E-state index is 12.2. The van der Waals surface area contributed by atoms with Crippen molar-refractivity contribution in [2.75, 3.05) is 12.4 Å². The molecule has 29 heavy (non-hydrogen) atoms. The molecule has 0 spiro atoms. The second-order valence-electron chi connectivity index (χ2n) is 6.86. The number of carbonyl (C=O) groups excluding carboxylic acids is 2. The minimum Gasteiger partial charge on any atom is -0.455 e. The van der Waals surface area contributed by atoms with Crippen molar-refractivity contribution < 1.29 is 14.3 Å². The van der Waals surface area contributed by atoms with Gasteiger partial charge in [-0.15, -0.1) is 0 Å². The van der Waals surface area contributed by atoms with Crippen molar-refractivity contribution in [1.29, 1.82) is 0 Å². The van der Waals surface area contributed by atoms with Crippen LogP contribution in [0.1, 0.15) is 30.0 Å². The van der Waals surface area contributed by atoms with Crippen LogP contribution in [0.25, 0.3) is 11.0 Å². The summed E-state index contributed by atoms with van der Waals surface area (Å²) in [5, 5.41) is 3.62. The number of carbonyl (C=O) groups is 2. The summed E-state index contributed by atoms with van der Waals surface area (Å²) in [4.78, 5) is 33.0. The van der Waals surface area contributed by atoms with Crippen molar-refractivity contribution in [2.45, 2.75) is 30.3 Å². The lowest BCUT2D eigenvalue weighted by molar-refractivity contribution is -0.146. The number of esters is 1. The molecule has 0 saturated heterocycles. The van der Waals surface area contributed by atoms with Gasteiger partial charge in [-0.1, -0.05) is 48.2 Å². The number of aryl methyl sites for hydroxylation is 1. The zero-order valence-electron chi connectivity index (χ0n) is 15.8. The second-order valence-corrected chi connectivity index (χ2v) is 7.85. The Hall–Kier alpha value is -2.93. The molecule has 148 valence electrons. The maximum Gasteiger partial charge on any atom is 0.316 e. The van der Waals surface area contributed by atoms with E-state index in [1.807, 2.05) is 42.5 Å². The molecule has 0 bridgehead atoms. The topological polar surface area (TPSA) is 81.2 Å². The summed E-state index contributed by atoms with van der Waals surface area (Å²) >= 11 is 1.24. The standard InChI is InChI=1S/C22H21N3O3S/c26-20(24-17-11-5-7-15-6-1-2-8-16(15)17)13-28-22(27)14-29-21-12-23-18-9-3-4-10-19(18)25-21/h1-4,6,8-10,12,17H,5,7,11,13-14H2,(H,24,26). The van der Waals surface area contributed by atoms with Gasteiger partial charge in [0, 0.05) is 0 Å². The molecule has 1 amide bonds. The van der Waals surface area contributed by atoms with Crippen molar-refractivity contribution in [2.24, 2.45) is 0 Å². The highest BCUT2D eigenvalue weighted by atomic mass is 32.2. The average Bonchev–Trinajstić information content (AvgIpc) is 2.76. The molecule has 1 aliphatic carbocycles. The Bertz CT molecular complexity index is 1040. The van der Waals surface area contributed by atoms with Gasteiger partial charge in [0.15, 0.2) is 6.61 Å². The molecule has 1 aromatic heterocycles. The fraction of sp³-hybridized carbons (Fsp3) is 0.273. The molecule has 1 unspecified atom stereocenters. The number of ether oxygens (including phenoxy) is 1. The second kappa shape index (κ2) is 9.05. The first-order valence-electron chi connectivity index (χ1n) is 9.56. The molecule has 1 aliphatic rings. The Kier molecular flexibility index (Phi) is 6.05. The molecule has 3 aromatic rings. The van der Waals surface area contributed by atoms with Gasteiger partial charge in [0.1, 0.15) is 5.03 Å². The number of fused-ring (bicyclic) bond motifs is 2. The van der Waals surface area contributed by atoms with Crippen LogP contribution < -0.4 is 5.32 Å². The van der Waals surface area contributed by atoms with Gasteiger partial charge in [0.25, 0.3) is 5.91 Å². The Balaban J connectivity index is 1.24. The van der Waals surface area contributed by atoms with E-state index in [1.54, 1.807) is 6.20 Å². The zero-order chi connectivity index (χ0) is 20.1. The van der Waals surface area contributed by atoms with Gasteiger partial charge in [0.2, 0.25) is 0 Å². The van der Waals surface area contributed by atoms with Crippen LogP contribution in [-0.2, 0) is 20.7 Å². The van der Waals surface area contributed by atoms with E-state index in [-0.39, 0.29) is 24.3 Å². The van der Waals surface area contributed by atoms with E-state index in [2.05, 4.69) is 21.4 Å². The minimum absolute atomic E-state index is 0.0200. The first kappa shape index (κ1) is 19.4. The van der Waals surface area contributed by atoms with Gasteiger partial charge in [-0.05, 0) is 42.5 Å². The molecule has 6 nitrogen and oxygen atoms in total. The predicted octanol–water partition coefficient (Wildman–Crippen LogP) is 3.46. The highest BCUT2D eigenvalue weighted by molar-refractivity contribution is 7.99. The van der Waals surface area contributed by atoms with Crippen LogP contribution in [0.3, 0.4) is 0 Å². The van der Waals surface area contributed by atoms with Gasteiger partial charge >= 0.3 is 5.97 Å². The van der Waals surface area contributed by atoms with Gasteiger partial charge in [0.05, 0.1) is 29.0 Å². The normalized spacial score (nSPS) is 15.5. The van der Waals surface area contributed by atoms with Crippen molar-refractivity contribution in [1.82, 2.24) is 15.3 Å². The zero-order valence-corrected chi connectivity index (χ0v) is 16.7. The highest BCUT2D eigenvalue weighted by Gasteiger charge is 2.21. The molecule has 0 fully saturated rings. The quantitative estimate of drug-likeness (QED) is 0.498. The summed E-state index contributed by atoms with van der Waals surface area (Å²) in [6, 6.07) is 15.7. The molecule has 1 heterocycles. The number of para-hydroxylation sites is 2. The number of nitrogens with zero attached hydrogens (tertiary/aromatic N) is 2. The summed E-state index contributed by atoms with van der Waals surface area (Å²) in [7, 11) is 0. The fourth-order valence-corrected chi connectivity index (χ4v) is 4.11.